The highest BCUT2D eigenvalue weighted by Gasteiger charge is 2.75. The third kappa shape index (κ3) is 5.62. The zero-order valence-electron chi connectivity index (χ0n) is 34.9. The summed E-state index contributed by atoms with van der Waals surface area (Å²) in [5.74, 6) is -5.29. The maximum Gasteiger partial charge on any atom is 0.355 e. The number of hydrogen-bond donors (Lipinski definition) is 0. The normalized spacial score (nSPS) is 25.8. The summed E-state index contributed by atoms with van der Waals surface area (Å²) in [4.78, 5) is 81.4. The van der Waals surface area contributed by atoms with Gasteiger partial charge in [0.05, 0.1) is 38.4 Å². The molecule has 312 valence electrons. The molecule has 5 aliphatic heterocycles. The summed E-state index contributed by atoms with van der Waals surface area (Å²) >= 11 is 6.86. The van der Waals surface area contributed by atoms with E-state index in [9.17, 15) is 9.59 Å². The predicted octanol–water partition coefficient (Wildman–Crippen LogP) is 7.50. The average Bonchev–Trinajstić information content (AvgIpc) is 3.61. The fourth-order valence-corrected chi connectivity index (χ4v) is 10.9. The summed E-state index contributed by atoms with van der Waals surface area (Å²) in [6.07, 6.45) is 2.13. The van der Waals surface area contributed by atoms with E-state index in [1.54, 1.807) is 51.1 Å². The van der Waals surface area contributed by atoms with Crippen molar-refractivity contribution in [2.24, 2.45) is 11.8 Å². The molecule has 11 nitrogen and oxygen atoms in total. The SMILES string of the molecule is CCCCN1C(=O)[C@@]2(O[C@H]3[C@@H]4C=C(C)[C@H](N3C(C(=O)OC)=C2C(=O)OC)[C@]2(C(=O)N(Cc3ccccc3)c3ccc(Cl)cc32)[C@H]4C(=O)c2ccc(C)cc2)c2cc(C)ccc21. The lowest BCUT2D eigenvalue weighted by Crippen LogP contribution is -2.76. The van der Waals surface area contributed by atoms with Crippen molar-refractivity contribution < 1.29 is 38.2 Å². The molecular weight excluding hydrogens is 794 g/mol. The van der Waals surface area contributed by atoms with E-state index in [0.717, 1.165) is 23.1 Å². The molecule has 6 aliphatic rings. The largest absolute Gasteiger partial charge is 0.465 e. The summed E-state index contributed by atoms with van der Waals surface area (Å²) in [6, 6.07) is 26.4. The Morgan fingerprint density at radius 3 is 2.15 bits per heavy atom. The van der Waals surface area contributed by atoms with E-state index in [-0.39, 0.29) is 29.5 Å². The van der Waals surface area contributed by atoms with Crippen molar-refractivity contribution in [1.82, 2.24) is 4.90 Å². The average molecular weight is 840 g/mol. The molecule has 0 N–H and O–H groups in total. The molecular formula is C49H46ClN3O8. The molecule has 2 bridgehead atoms. The predicted molar refractivity (Wildman–Crippen MR) is 229 cm³/mol. The Kier molecular flexibility index (Phi) is 9.83. The lowest BCUT2D eigenvalue weighted by molar-refractivity contribution is -0.218. The van der Waals surface area contributed by atoms with E-state index in [4.69, 9.17) is 25.8 Å². The number of ether oxygens (including phenoxy) is 3. The Morgan fingerprint density at radius 1 is 0.787 bits per heavy atom. The van der Waals surface area contributed by atoms with Gasteiger partial charge in [0.2, 0.25) is 11.5 Å². The number of ketones is 1. The van der Waals surface area contributed by atoms with Gasteiger partial charge in [0.1, 0.15) is 22.9 Å². The van der Waals surface area contributed by atoms with Crippen LogP contribution < -0.4 is 9.80 Å². The Bertz CT molecular complexity index is 2610. The highest BCUT2D eigenvalue weighted by atomic mass is 35.5. The molecule has 2 amide bonds. The summed E-state index contributed by atoms with van der Waals surface area (Å²) in [7, 11) is 2.38. The number of anilines is 2. The number of benzene rings is 4. The number of carbonyl (C=O) groups is 5. The van der Waals surface area contributed by atoms with E-state index in [2.05, 4.69) is 0 Å². The summed E-state index contributed by atoms with van der Waals surface area (Å²) in [6.45, 7) is 8.16. The molecule has 6 atom stereocenters. The Labute approximate surface area is 359 Å². The number of unbranched alkanes of at least 4 members (excludes halogenated alkanes) is 1. The number of halogens is 1. The molecule has 12 heteroatoms. The van der Waals surface area contributed by atoms with Gasteiger partial charge in [-0.05, 0) is 62.6 Å². The van der Waals surface area contributed by atoms with E-state index in [0.29, 0.717) is 51.6 Å². The Balaban J connectivity index is 1.37. The number of aryl methyl sites for hydroxylation is 2. The van der Waals surface area contributed by atoms with Gasteiger partial charge in [0.15, 0.2) is 5.78 Å². The van der Waals surface area contributed by atoms with Gasteiger partial charge in [0, 0.05) is 34.3 Å². The fraction of sp³-hybridized carbons (Fsp3) is 0.327. The Morgan fingerprint density at radius 2 is 1.46 bits per heavy atom. The van der Waals surface area contributed by atoms with Gasteiger partial charge in [-0.3, -0.25) is 14.4 Å². The van der Waals surface area contributed by atoms with Crippen molar-refractivity contribution in [3.8, 4) is 0 Å². The first-order chi connectivity index (χ1) is 29.3. The van der Waals surface area contributed by atoms with Gasteiger partial charge >= 0.3 is 11.9 Å². The van der Waals surface area contributed by atoms with E-state index in [1.165, 1.54) is 14.2 Å². The summed E-state index contributed by atoms with van der Waals surface area (Å²) in [5, 5.41) is 0.345. The number of rotatable bonds is 9. The lowest BCUT2D eigenvalue weighted by Gasteiger charge is -2.63. The molecule has 10 rings (SSSR count). The van der Waals surface area contributed by atoms with Crippen molar-refractivity contribution in [1.29, 1.82) is 0 Å². The topological polar surface area (TPSA) is 123 Å². The molecule has 0 saturated carbocycles. The van der Waals surface area contributed by atoms with Crippen molar-refractivity contribution in [2.45, 2.75) is 70.4 Å². The molecule has 0 aromatic heterocycles. The van der Waals surface area contributed by atoms with Crippen LogP contribution in [0.1, 0.15) is 64.9 Å². The molecule has 1 aliphatic carbocycles. The molecule has 5 heterocycles. The standard InChI is InChI=1S/C49H46ClN3O8/c1-7-8-22-51-37-20-16-28(3)23-35(37)49(47(51)58)39(44(55)59-5)40(45(56)60-6)53-42-29(4)24-33(43(53)61-49)38(41(54)31-17-14-27(2)15-18-31)48(42)34-25-32(50)19-21-36(34)52(46(48)57)26-30-12-10-9-11-13-30/h9-21,23-25,33,38,42-43H,7-8,22,26H2,1-6H3/t33-,38-,42+,43+,48-,49-/m1/s1. The zero-order valence-corrected chi connectivity index (χ0v) is 35.6. The number of carbonyl (C=O) groups excluding carboxylic acids is 5. The quantitative estimate of drug-likeness (QED) is 0.0959. The second-order valence-corrected chi connectivity index (χ2v) is 17.1. The van der Waals surface area contributed by atoms with Crippen molar-refractivity contribution in [3.63, 3.8) is 0 Å². The van der Waals surface area contributed by atoms with Gasteiger partial charge in [-0.25, -0.2) is 9.59 Å². The first-order valence-corrected chi connectivity index (χ1v) is 21.0. The second kappa shape index (κ2) is 14.8. The highest BCUT2D eigenvalue weighted by Crippen LogP contribution is 2.65. The number of nitrogens with zero attached hydrogens (tertiary/aromatic N) is 3. The molecule has 1 fully saturated rings. The maximum atomic E-state index is 16.1. The number of fused-ring (bicyclic) bond motifs is 3. The molecule has 2 spiro atoms. The first-order valence-electron chi connectivity index (χ1n) is 20.6. The van der Waals surface area contributed by atoms with E-state index >= 15 is 14.4 Å². The van der Waals surface area contributed by atoms with Crippen LogP contribution in [0.25, 0.3) is 0 Å². The minimum atomic E-state index is -2.18. The summed E-state index contributed by atoms with van der Waals surface area (Å²) in [5.41, 5.74) is 1.04. The number of methoxy groups -OCH3 is 2. The summed E-state index contributed by atoms with van der Waals surface area (Å²) < 4.78 is 18.3. The number of Topliss-reactive ketones (excluding diaryl/α,β-unsaturated/α-hetero) is 1. The maximum absolute atomic E-state index is 16.1. The highest BCUT2D eigenvalue weighted by molar-refractivity contribution is 6.31. The van der Waals surface area contributed by atoms with E-state index < -0.39 is 53.0 Å². The molecule has 0 unspecified atom stereocenters. The van der Waals surface area contributed by atoms with Crippen LogP contribution in [0.4, 0.5) is 11.4 Å². The van der Waals surface area contributed by atoms with Crippen LogP contribution in [0.15, 0.2) is 114 Å². The van der Waals surface area contributed by atoms with Crippen LogP contribution in [0.3, 0.4) is 0 Å². The monoisotopic (exact) mass is 839 g/mol. The van der Waals surface area contributed by atoms with Crippen LogP contribution in [-0.2, 0) is 50.9 Å². The minimum absolute atomic E-state index is 0.177. The number of hydrogen-bond acceptors (Lipinski definition) is 9. The van der Waals surface area contributed by atoms with Gasteiger partial charge in [0.25, 0.3) is 5.91 Å². The molecule has 4 aromatic carbocycles. The second-order valence-electron chi connectivity index (χ2n) is 16.6. The van der Waals surface area contributed by atoms with Gasteiger partial charge in [-0.1, -0.05) is 114 Å². The van der Waals surface area contributed by atoms with Crippen molar-refractivity contribution >= 4 is 52.5 Å². The van der Waals surface area contributed by atoms with Crippen LogP contribution in [0.5, 0.6) is 0 Å². The van der Waals surface area contributed by atoms with Crippen LogP contribution in [0.2, 0.25) is 5.02 Å². The third-order valence-electron chi connectivity index (χ3n) is 13.2. The molecule has 1 saturated heterocycles. The van der Waals surface area contributed by atoms with Gasteiger partial charge in [-0.2, -0.15) is 0 Å². The third-order valence-corrected chi connectivity index (χ3v) is 13.4. The van der Waals surface area contributed by atoms with Crippen LogP contribution in [-0.4, -0.2) is 67.5 Å². The molecule has 0 radical (unpaired) electrons. The Hall–Kier alpha value is -6.04. The lowest BCUT2D eigenvalue weighted by atomic mass is 9.51. The van der Waals surface area contributed by atoms with Crippen molar-refractivity contribution in [3.05, 3.63) is 152 Å². The minimum Gasteiger partial charge on any atom is -0.465 e. The number of piperidine rings is 1. The smallest absolute Gasteiger partial charge is 0.355 e. The number of esters is 2. The van der Waals surface area contributed by atoms with E-state index in [1.807, 2.05) is 88.4 Å². The fourth-order valence-electron chi connectivity index (χ4n) is 10.7. The van der Waals surface area contributed by atoms with Crippen LogP contribution >= 0.6 is 11.6 Å². The van der Waals surface area contributed by atoms with Gasteiger partial charge < -0.3 is 28.9 Å². The first kappa shape index (κ1) is 40.4. The van der Waals surface area contributed by atoms with Gasteiger partial charge in [-0.15, -0.1) is 0 Å². The van der Waals surface area contributed by atoms with Crippen LogP contribution in [0, 0.1) is 25.7 Å². The zero-order chi connectivity index (χ0) is 43.1. The molecule has 61 heavy (non-hydrogen) atoms. The molecule has 4 aromatic rings. The number of amides is 2. The van der Waals surface area contributed by atoms with Crippen molar-refractivity contribution in [2.75, 3.05) is 30.6 Å².